The third-order valence-electron chi connectivity index (χ3n) is 9.72. The van der Waals surface area contributed by atoms with Crippen LogP contribution in [0.5, 0.6) is 0 Å². The van der Waals surface area contributed by atoms with Crippen LogP contribution in [0.15, 0.2) is 170 Å². The van der Waals surface area contributed by atoms with Crippen LogP contribution in [-0.4, -0.2) is 52.5 Å². The summed E-state index contributed by atoms with van der Waals surface area (Å²) in [7, 11) is 2.43. The fraction of sp³-hybridized carbons (Fsp3) is 0.115. The van der Waals surface area contributed by atoms with E-state index in [-0.39, 0.29) is 0 Å². The lowest BCUT2D eigenvalue weighted by molar-refractivity contribution is -2.00. The van der Waals surface area contributed by atoms with E-state index in [2.05, 4.69) is 221 Å². The molecule has 0 atom stereocenters. The summed E-state index contributed by atoms with van der Waals surface area (Å²) in [5.41, 5.74) is 9.78. The Bertz CT molecular complexity index is 2750. The summed E-state index contributed by atoms with van der Waals surface area (Å²) in [6.07, 6.45) is 23.2. The number of hydrogen-bond donors (Lipinski definition) is 0. The molecule has 0 spiro atoms. The Hall–Kier alpha value is -6.68. The van der Waals surface area contributed by atoms with Crippen LogP contribution in [0.4, 0.5) is 17.1 Å². The first-order valence-electron chi connectivity index (χ1n) is 21.3. The lowest BCUT2D eigenvalue weighted by Crippen LogP contribution is -2.68. The Kier molecular flexibility index (Phi) is 20.6. The molecule has 0 unspecified atom stereocenters. The summed E-state index contributed by atoms with van der Waals surface area (Å²) in [6.45, 7) is 0. The third-order valence-corrected chi connectivity index (χ3v) is 11.7. The molecule has 2 aromatic heterocycles. The first-order chi connectivity index (χ1) is 33.7. The zero-order chi connectivity index (χ0) is 51.6. The van der Waals surface area contributed by atoms with Crippen LogP contribution < -0.4 is 61.3 Å². The number of rotatable bonds is 15. The van der Waals surface area contributed by atoms with Crippen molar-refractivity contribution in [2.24, 2.45) is 0 Å². The number of benzene rings is 5. The predicted molar refractivity (Wildman–Crippen MR) is 262 cm³/mol. The number of nitrogens with zero attached hydrogens (tertiary/aromatic N) is 7. The molecule has 0 bridgehead atoms. The monoisotopic (exact) mass is 1040 g/mol. The highest BCUT2D eigenvalue weighted by Gasteiger charge is 2.29. The number of anilines is 3. The van der Waals surface area contributed by atoms with Crippen molar-refractivity contribution < 1.29 is 67.1 Å². The van der Waals surface area contributed by atoms with Crippen molar-refractivity contribution in [1.29, 1.82) is 0 Å². The molecule has 0 amide bonds. The number of aromatic nitrogens is 4. The van der Waals surface area contributed by atoms with Gasteiger partial charge in [-0.3, -0.25) is 0 Å². The Morgan fingerprint density at radius 2 is 0.690 bits per heavy atom. The van der Waals surface area contributed by atoms with E-state index in [4.69, 9.17) is 47.5 Å². The first kappa shape index (κ1) is 55.2. The van der Waals surface area contributed by atoms with Crippen molar-refractivity contribution >= 4 is 75.7 Å². The van der Waals surface area contributed by atoms with E-state index in [0.717, 1.165) is 59.4 Å². The van der Waals surface area contributed by atoms with Gasteiger partial charge >= 0.3 is 0 Å². The second-order valence-corrected chi connectivity index (χ2v) is 19.1. The van der Waals surface area contributed by atoms with Gasteiger partial charge in [0.15, 0.2) is 0 Å². The second kappa shape index (κ2) is 26.5. The van der Waals surface area contributed by atoms with Gasteiger partial charge in [0, 0.05) is 106 Å². The van der Waals surface area contributed by atoms with Gasteiger partial charge in [-0.1, -0.05) is 121 Å². The minimum absolute atomic E-state index is 0.852. The van der Waals surface area contributed by atoms with Crippen molar-refractivity contribution in [3.05, 3.63) is 207 Å². The number of halogens is 2. The van der Waals surface area contributed by atoms with Crippen molar-refractivity contribution in [1.82, 2.24) is 10.2 Å². The van der Waals surface area contributed by atoms with Gasteiger partial charge in [0.1, 0.15) is 0 Å². The van der Waals surface area contributed by atoms with Gasteiger partial charge in [0.05, 0.1) is 5.57 Å². The van der Waals surface area contributed by atoms with E-state index in [1.807, 2.05) is 45.8 Å². The minimum Gasteiger partial charge on any atom is -0.378 e. The first-order valence-corrected chi connectivity index (χ1v) is 25.4. The van der Waals surface area contributed by atoms with Crippen LogP contribution in [-0.2, 0) is 0 Å². The molecule has 0 N–H and O–H groups in total. The van der Waals surface area contributed by atoms with E-state index >= 15 is 0 Å². The molecule has 7 aromatic rings. The average Bonchev–Trinajstić information content (AvgIpc) is 3.95. The molecule has 0 saturated carbocycles. The molecule has 2 heterocycles. The molecule has 19 heteroatoms. The summed E-state index contributed by atoms with van der Waals surface area (Å²) < 4.78 is 72.0. The summed E-state index contributed by atoms with van der Waals surface area (Å²) in [6, 6.07) is 46.2. The zero-order valence-electron chi connectivity index (χ0n) is 39.5. The van der Waals surface area contributed by atoms with Crippen LogP contribution in [0.25, 0.3) is 47.3 Å². The van der Waals surface area contributed by atoms with Gasteiger partial charge in [-0.15, -0.1) is 20.5 Å². The third kappa shape index (κ3) is 19.2. The van der Waals surface area contributed by atoms with Gasteiger partial charge in [0.25, 0.3) is 10.0 Å². The molecule has 0 radical (unpaired) electrons. The minimum atomic E-state index is -4.94. The molecule has 71 heavy (non-hydrogen) atoms. The van der Waals surface area contributed by atoms with Gasteiger partial charge in [0.2, 0.25) is 21.4 Å². The fourth-order valence-electron chi connectivity index (χ4n) is 6.29. The van der Waals surface area contributed by atoms with Gasteiger partial charge in [-0.2, -0.15) is 0 Å². The molecule has 368 valence electrons. The Labute approximate surface area is 425 Å². The molecule has 0 saturated heterocycles. The second-order valence-electron chi connectivity index (χ2n) is 15.6. The topological polar surface area (TPSA) is 228 Å². The standard InChI is InChI=1S/C52H51N7S2.2ClHO4/c1-55(2)43-34-28-40(29-35-43)18-13-15-26-49-58(46-21-9-7-10-22-46)53-51(60-49)48(25-17-20-42-32-38-45(39-33-42)57(5)6)52-54-59(47-23-11-8-12-24-47)50(61-52)27-16-14-19-41-30-36-44(37-31-41)56(3)4;2*2-1(3,4)5/h7-39H,1-6H3;2*(H,2,3,4,5)/q+2;;/p-2. The molecule has 15 nitrogen and oxygen atoms in total. The zero-order valence-corrected chi connectivity index (χ0v) is 42.7. The van der Waals surface area contributed by atoms with Gasteiger partial charge in [-0.05, 0) is 91.2 Å². The SMILES string of the molecule is CN(C)c1ccc(C=CC=C(c2n[n+](-c3ccccc3)c(/C=C/C=C/c3ccc(N(C)C)cc3)s2)c2n[n+](-c3ccccc3)c(/C=C/C=C/c3ccc(N(C)C)cc3)s2)cc1.[O-][Cl+3]([O-])([O-])[O-].[O-][Cl+3]([O-])([O-])[O-]. The van der Waals surface area contributed by atoms with Crippen LogP contribution >= 0.6 is 22.7 Å². The van der Waals surface area contributed by atoms with Crippen molar-refractivity contribution in [3.63, 3.8) is 0 Å². The number of hydrogen-bond acceptors (Lipinski definition) is 15. The summed E-state index contributed by atoms with van der Waals surface area (Å²) in [4.78, 5) is 6.32. The lowest BCUT2D eigenvalue weighted by Gasteiger charge is -2.17. The van der Waals surface area contributed by atoms with Gasteiger partial charge in [-0.25, -0.2) is 37.3 Å². The highest BCUT2D eigenvalue weighted by Crippen LogP contribution is 2.30. The maximum Gasteiger partial charge on any atom is 0.296 e. The number of para-hydroxylation sites is 2. The smallest absolute Gasteiger partial charge is 0.296 e. The maximum absolute atomic E-state index is 8.49. The Morgan fingerprint density at radius 1 is 0.408 bits per heavy atom. The molecule has 7 rings (SSSR count). The Morgan fingerprint density at radius 3 is 0.986 bits per heavy atom. The van der Waals surface area contributed by atoms with Crippen LogP contribution in [0.2, 0.25) is 0 Å². The molecular formula is C52H51Cl2N7O8S2. The molecule has 5 aromatic carbocycles. The average molecular weight is 1040 g/mol. The van der Waals surface area contributed by atoms with Crippen LogP contribution in [0, 0.1) is 20.5 Å². The molecular weight excluding hydrogens is 986 g/mol. The summed E-state index contributed by atoms with van der Waals surface area (Å²) >= 11 is 3.27. The van der Waals surface area contributed by atoms with E-state index in [9.17, 15) is 0 Å². The van der Waals surface area contributed by atoms with Crippen LogP contribution in [0.3, 0.4) is 0 Å². The maximum atomic E-state index is 8.49. The lowest BCUT2D eigenvalue weighted by atomic mass is 10.1. The van der Waals surface area contributed by atoms with Crippen molar-refractivity contribution in [2.45, 2.75) is 0 Å². The van der Waals surface area contributed by atoms with E-state index in [1.54, 1.807) is 22.7 Å². The van der Waals surface area contributed by atoms with E-state index in [1.165, 1.54) is 11.4 Å². The van der Waals surface area contributed by atoms with Crippen molar-refractivity contribution in [2.75, 3.05) is 57.0 Å². The largest absolute Gasteiger partial charge is 0.378 e. The molecule has 0 aliphatic carbocycles. The summed E-state index contributed by atoms with van der Waals surface area (Å²) in [5.74, 6) is 0. The molecule has 0 aliphatic rings. The fourth-order valence-corrected chi connectivity index (χ4v) is 8.30. The highest BCUT2D eigenvalue weighted by atomic mass is 35.7. The predicted octanol–water partition coefficient (Wildman–Crippen LogP) is 1.44. The van der Waals surface area contributed by atoms with Crippen LogP contribution in [0.1, 0.15) is 36.7 Å². The highest BCUT2D eigenvalue weighted by molar-refractivity contribution is 7.15. The summed E-state index contributed by atoms with van der Waals surface area (Å²) in [5, 5.41) is 14.2. The normalized spacial score (nSPS) is 11.8. The molecule has 0 fully saturated rings. The quantitative estimate of drug-likeness (QED) is 0.105. The van der Waals surface area contributed by atoms with Crippen molar-refractivity contribution in [3.8, 4) is 11.4 Å². The van der Waals surface area contributed by atoms with E-state index in [0.29, 0.717) is 0 Å². The molecule has 0 aliphatic heterocycles. The number of allylic oxidation sites excluding steroid dienone is 6. The van der Waals surface area contributed by atoms with Gasteiger partial charge < -0.3 is 14.7 Å². The van der Waals surface area contributed by atoms with E-state index < -0.39 is 20.5 Å². The Balaban J connectivity index is 0.000000853.